The number of hydrogen-bond donors (Lipinski definition) is 1. The molecule has 1 aliphatic heterocycles. The number of carbonyl (C=O) groups is 1. The van der Waals surface area contributed by atoms with Crippen LogP contribution in [0.5, 0.6) is 5.75 Å². The molecule has 0 spiro atoms. The van der Waals surface area contributed by atoms with Crippen molar-refractivity contribution in [1.29, 1.82) is 0 Å². The van der Waals surface area contributed by atoms with Gasteiger partial charge in [0.2, 0.25) is 5.91 Å². The maximum absolute atomic E-state index is 12.5. The number of amides is 1. The molecule has 1 N–H and O–H groups in total. The van der Waals surface area contributed by atoms with E-state index in [2.05, 4.69) is 22.3 Å². The number of benzene rings is 2. The Morgan fingerprint density at radius 1 is 1.16 bits per heavy atom. The molecular formula is C21H26N2O2. The predicted octanol–water partition coefficient (Wildman–Crippen LogP) is 3.85. The first-order chi connectivity index (χ1) is 12.1. The lowest BCUT2D eigenvalue weighted by molar-refractivity contribution is -0.121. The molecule has 1 aliphatic rings. The van der Waals surface area contributed by atoms with Crippen LogP contribution in [0.25, 0.3) is 0 Å². The average Bonchev–Trinajstić information content (AvgIpc) is 2.64. The fourth-order valence-electron chi connectivity index (χ4n) is 3.26. The summed E-state index contributed by atoms with van der Waals surface area (Å²) < 4.78 is 5.29. The number of carbonyl (C=O) groups excluding carboxylic acids is 1. The minimum Gasteiger partial charge on any atom is -0.497 e. The highest BCUT2D eigenvalue weighted by molar-refractivity contribution is 5.92. The van der Waals surface area contributed by atoms with E-state index < -0.39 is 0 Å². The number of ether oxygens (including phenoxy) is 1. The highest BCUT2D eigenvalue weighted by Crippen LogP contribution is 2.22. The third kappa shape index (κ3) is 4.83. The summed E-state index contributed by atoms with van der Waals surface area (Å²) in [6, 6.07) is 16.2. The highest BCUT2D eigenvalue weighted by Gasteiger charge is 2.25. The molecule has 1 heterocycles. The van der Waals surface area contributed by atoms with E-state index in [4.69, 9.17) is 4.74 Å². The van der Waals surface area contributed by atoms with Crippen LogP contribution in [0.15, 0.2) is 48.5 Å². The molecule has 0 bridgehead atoms. The summed E-state index contributed by atoms with van der Waals surface area (Å²) in [5, 5.41) is 3.04. The van der Waals surface area contributed by atoms with Crippen molar-refractivity contribution in [2.45, 2.75) is 26.3 Å². The number of methoxy groups -OCH3 is 1. The van der Waals surface area contributed by atoms with Gasteiger partial charge >= 0.3 is 0 Å². The molecule has 0 radical (unpaired) electrons. The van der Waals surface area contributed by atoms with Crippen LogP contribution in [-0.2, 0) is 11.3 Å². The minimum atomic E-state index is 0.0999. The van der Waals surface area contributed by atoms with Gasteiger partial charge in [-0.05, 0) is 62.7 Å². The van der Waals surface area contributed by atoms with Crippen molar-refractivity contribution in [2.75, 3.05) is 25.5 Å². The summed E-state index contributed by atoms with van der Waals surface area (Å²) in [5.74, 6) is 1.14. The Balaban J connectivity index is 1.49. The third-order valence-electron chi connectivity index (χ3n) is 4.82. The number of nitrogens with one attached hydrogen (secondary N) is 1. The molecule has 2 aromatic carbocycles. The Kier molecular flexibility index (Phi) is 5.71. The zero-order valence-electron chi connectivity index (χ0n) is 15.0. The fraction of sp³-hybridized carbons (Fsp3) is 0.381. The maximum Gasteiger partial charge on any atom is 0.227 e. The lowest BCUT2D eigenvalue weighted by atomic mass is 9.95. The first kappa shape index (κ1) is 17.5. The average molecular weight is 338 g/mol. The van der Waals surface area contributed by atoms with Crippen LogP contribution < -0.4 is 10.1 Å². The van der Waals surface area contributed by atoms with E-state index in [0.29, 0.717) is 0 Å². The quantitative estimate of drug-likeness (QED) is 0.900. The van der Waals surface area contributed by atoms with E-state index in [9.17, 15) is 4.79 Å². The Hall–Kier alpha value is -2.33. The number of nitrogens with zero attached hydrogens (tertiary/aromatic N) is 1. The molecule has 1 saturated heterocycles. The molecule has 4 nitrogen and oxygen atoms in total. The molecule has 0 saturated carbocycles. The Morgan fingerprint density at radius 3 is 2.56 bits per heavy atom. The SMILES string of the molecule is COc1cccc(CN2CCC(C(=O)Nc3ccc(C)cc3)CC2)c1. The Morgan fingerprint density at radius 2 is 1.88 bits per heavy atom. The first-order valence-electron chi connectivity index (χ1n) is 8.87. The number of anilines is 1. The van der Waals surface area contributed by atoms with Crippen molar-refractivity contribution in [3.8, 4) is 5.75 Å². The molecule has 0 aliphatic carbocycles. The van der Waals surface area contributed by atoms with Crippen LogP contribution in [0.2, 0.25) is 0 Å². The number of piperidine rings is 1. The Labute approximate surface area is 149 Å². The second kappa shape index (κ2) is 8.17. The summed E-state index contributed by atoms with van der Waals surface area (Å²) in [5.41, 5.74) is 3.33. The lowest BCUT2D eigenvalue weighted by Crippen LogP contribution is -2.37. The lowest BCUT2D eigenvalue weighted by Gasteiger charge is -2.31. The van der Waals surface area contributed by atoms with E-state index in [1.54, 1.807) is 7.11 Å². The summed E-state index contributed by atoms with van der Waals surface area (Å²) >= 11 is 0. The van der Waals surface area contributed by atoms with E-state index >= 15 is 0 Å². The van der Waals surface area contributed by atoms with E-state index in [-0.39, 0.29) is 11.8 Å². The fourth-order valence-corrected chi connectivity index (χ4v) is 3.26. The van der Waals surface area contributed by atoms with Gasteiger partial charge in [0, 0.05) is 18.2 Å². The number of likely N-dealkylation sites (tertiary alicyclic amines) is 1. The van der Waals surface area contributed by atoms with Gasteiger partial charge in [-0.1, -0.05) is 29.8 Å². The zero-order valence-corrected chi connectivity index (χ0v) is 15.0. The van der Waals surface area contributed by atoms with Crippen molar-refractivity contribution >= 4 is 11.6 Å². The standard InChI is InChI=1S/C21H26N2O2/c1-16-6-8-19(9-7-16)22-21(24)18-10-12-23(13-11-18)15-17-4-3-5-20(14-17)25-2/h3-9,14,18H,10-13,15H2,1-2H3,(H,22,24). The molecule has 1 amide bonds. The van der Waals surface area contributed by atoms with Gasteiger partial charge in [-0.2, -0.15) is 0 Å². The molecule has 1 fully saturated rings. The molecule has 2 aromatic rings. The summed E-state index contributed by atoms with van der Waals surface area (Å²) in [4.78, 5) is 14.9. The van der Waals surface area contributed by atoms with Crippen LogP contribution in [0.1, 0.15) is 24.0 Å². The van der Waals surface area contributed by atoms with Crippen LogP contribution >= 0.6 is 0 Å². The highest BCUT2D eigenvalue weighted by atomic mass is 16.5. The van der Waals surface area contributed by atoms with Gasteiger partial charge < -0.3 is 10.1 Å². The largest absolute Gasteiger partial charge is 0.497 e. The van der Waals surface area contributed by atoms with Crippen LogP contribution in [-0.4, -0.2) is 31.0 Å². The van der Waals surface area contributed by atoms with Crippen molar-refractivity contribution in [3.05, 3.63) is 59.7 Å². The minimum absolute atomic E-state index is 0.0999. The molecule has 0 aromatic heterocycles. The second-order valence-electron chi connectivity index (χ2n) is 6.76. The Bertz CT molecular complexity index is 704. The topological polar surface area (TPSA) is 41.6 Å². The first-order valence-corrected chi connectivity index (χ1v) is 8.87. The number of aryl methyl sites for hydroxylation is 1. The van der Waals surface area contributed by atoms with Crippen LogP contribution in [0.4, 0.5) is 5.69 Å². The molecular weight excluding hydrogens is 312 g/mol. The van der Waals surface area contributed by atoms with E-state index in [1.165, 1.54) is 11.1 Å². The van der Waals surface area contributed by atoms with Gasteiger partial charge in [0.1, 0.15) is 5.75 Å². The monoisotopic (exact) mass is 338 g/mol. The number of hydrogen-bond acceptors (Lipinski definition) is 3. The van der Waals surface area contributed by atoms with Gasteiger partial charge in [0.05, 0.1) is 7.11 Å². The molecule has 132 valence electrons. The van der Waals surface area contributed by atoms with E-state index in [0.717, 1.165) is 43.9 Å². The van der Waals surface area contributed by atoms with Gasteiger partial charge in [-0.15, -0.1) is 0 Å². The van der Waals surface area contributed by atoms with Crippen LogP contribution in [0, 0.1) is 12.8 Å². The molecule has 25 heavy (non-hydrogen) atoms. The smallest absolute Gasteiger partial charge is 0.227 e. The second-order valence-corrected chi connectivity index (χ2v) is 6.76. The summed E-state index contributed by atoms with van der Waals surface area (Å²) in [7, 11) is 1.69. The van der Waals surface area contributed by atoms with Gasteiger partial charge in [0.25, 0.3) is 0 Å². The molecule has 4 heteroatoms. The maximum atomic E-state index is 12.5. The molecule has 3 rings (SSSR count). The summed E-state index contributed by atoms with van der Waals surface area (Å²) in [6.07, 6.45) is 1.81. The summed E-state index contributed by atoms with van der Waals surface area (Å²) in [6.45, 7) is 4.85. The van der Waals surface area contributed by atoms with Crippen molar-refractivity contribution in [2.24, 2.45) is 5.92 Å². The van der Waals surface area contributed by atoms with Crippen LogP contribution in [0.3, 0.4) is 0 Å². The van der Waals surface area contributed by atoms with E-state index in [1.807, 2.05) is 43.3 Å². The molecule has 0 atom stereocenters. The van der Waals surface area contributed by atoms with Crippen molar-refractivity contribution in [3.63, 3.8) is 0 Å². The molecule has 0 unspecified atom stereocenters. The number of rotatable bonds is 5. The normalized spacial score (nSPS) is 15.8. The van der Waals surface area contributed by atoms with Gasteiger partial charge in [-0.3, -0.25) is 9.69 Å². The van der Waals surface area contributed by atoms with Crippen molar-refractivity contribution < 1.29 is 9.53 Å². The van der Waals surface area contributed by atoms with Gasteiger partial charge in [0.15, 0.2) is 0 Å². The predicted molar refractivity (Wildman–Crippen MR) is 101 cm³/mol. The third-order valence-corrected chi connectivity index (χ3v) is 4.82. The zero-order chi connectivity index (χ0) is 17.6. The van der Waals surface area contributed by atoms with Gasteiger partial charge in [-0.25, -0.2) is 0 Å². The van der Waals surface area contributed by atoms with Crippen molar-refractivity contribution in [1.82, 2.24) is 4.90 Å².